The molecule has 0 spiro atoms. The Bertz CT molecular complexity index is 1510. The van der Waals surface area contributed by atoms with E-state index in [-0.39, 0.29) is 0 Å². The highest BCUT2D eigenvalue weighted by Crippen LogP contribution is 2.35. The van der Waals surface area contributed by atoms with Crippen LogP contribution in [0.1, 0.15) is 4.88 Å². The van der Waals surface area contributed by atoms with Crippen LogP contribution in [-0.2, 0) is 0 Å². The van der Waals surface area contributed by atoms with Gasteiger partial charge >= 0.3 is 0 Å². The van der Waals surface area contributed by atoms with Gasteiger partial charge in [-0.2, -0.15) is 5.10 Å². The van der Waals surface area contributed by atoms with Crippen molar-refractivity contribution in [3.63, 3.8) is 0 Å². The molecule has 0 bridgehead atoms. The summed E-state index contributed by atoms with van der Waals surface area (Å²) in [6, 6.07) is 12.4. The molecule has 5 heterocycles. The minimum absolute atomic E-state index is 0.714. The topological polar surface area (TPSA) is 96.0 Å². The fourth-order valence-electron chi connectivity index (χ4n) is 3.59. The van der Waals surface area contributed by atoms with Crippen molar-refractivity contribution in [1.82, 2.24) is 35.1 Å². The maximum Gasteiger partial charge on any atom is 0.159 e. The number of imidazole rings is 1. The van der Waals surface area contributed by atoms with E-state index in [0.29, 0.717) is 11.5 Å². The van der Waals surface area contributed by atoms with E-state index < -0.39 is 0 Å². The monoisotopic (exact) mass is 409 g/mol. The number of thiophene rings is 1. The first-order valence-corrected chi connectivity index (χ1v) is 10.2. The summed E-state index contributed by atoms with van der Waals surface area (Å²) in [4.78, 5) is 23.8. The fourth-order valence-corrected chi connectivity index (χ4v) is 4.48. The first-order valence-electron chi connectivity index (χ1n) is 9.43. The van der Waals surface area contributed by atoms with Crippen LogP contribution in [0.2, 0.25) is 0 Å². The van der Waals surface area contributed by atoms with E-state index >= 15 is 0 Å². The van der Waals surface area contributed by atoms with Crippen LogP contribution in [0.3, 0.4) is 0 Å². The molecule has 0 unspecified atom stereocenters. The van der Waals surface area contributed by atoms with Gasteiger partial charge in [0, 0.05) is 33.1 Å². The Morgan fingerprint density at radius 1 is 0.933 bits per heavy atom. The van der Waals surface area contributed by atoms with E-state index in [0.717, 1.165) is 38.9 Å². The molecule has 0 aliphatic carbocycles. The zero-order valence-corrected chi connectivity index (χ0v) is 16.7. The molecule has 0 amide bonds. The number of para-hydroxylation sites is 1. The van der Waals surface area contributed by atoms with E-state index in [1.165, 1.54) is 9.75 Å². The number of nitrogens with one attached hydrogen (secondary N) is 2. The van der Waals surface area contributed by atoms with Crippen molar-refractivity contribution in [2.45, 2.75) is 6.92 Å². The summed E-state index contributed by atoms with van der Waals surface area (Å²) in [6.07, 6.45) is 6.76. The number of nitrogens with zero attached hydrogens (tertiary/aromatic N) is 5. The maximum atomic E-state index is 4.91. The Labute approximate surface area is 174 Å². The molecule has 0 aliphatic heterocycles. The molecule has 0 saturated carbocycles. The van der Waals surface area contributed by atoms with Crippen LogP contribution in [0, 0.1) is 6.92 Å². The van der Waals surface area contributed by atoms with Crippen molar-refractivity contribution in [2.75, 3.05) is 0 Å². The Morgan fingerprint density at radius 2 is 1.90 bits per heavy atom. The van der Waals surface area contributed by atoms with Gasteiger partial charge in [-0.3, -0.25) is 20.1 Å². The largest absolute Gasteiger partial charge is 0.337 e. The summed E-state index contributed by atoms with van der Waals surface area (Å²) >= 11 is 1.77. The number of fused-ring (bicyclic) bond motifs is 2. The van der Waals surface area contributed by atoms with E-state index in [2.05, 4.69) is 55.3 Å². The summed E-state index contributed by atoms with van der Waals surface area (Å²) in [6.45, 7) is 2.11. The van der Waals surface area contributed by atoms with Crippen molar-refractivity contribution in [3.05, 3.63) is 66.1 Å². The smallest absolute Gasteiger partial charge is 0.159 e. The molecule has 8 heteroatoms. The van der Waals surface area contributed by atoms with Crippen molar-refractivity contribution in [3.8, 4) is 33.3 Å². The molecule has 1 aromatic carbocycles. The van der Waals surface area contributed by atoms with Gasteiger partial charge in [-0.1, -0.05) is 12.1 Å². The van der Waals surface area contributed by atoms with Crippen molar-refractivity contribution < 1.29 is 0 Å². The normalized spacial score (nSPS) is 11.5. The van der Waals surface area contributed by atoms with Crippen molar-refractivity contribution in [2.24, 2.45) is 0 Å². The molecule has 0 radical (unpaired) electrons. The van der Waals surface area contributed by atoms with Gasteiger partial charge in [-0.25, -0.2) is 4.98 Å². The van der Waals surface area contributed by atoms with Crippen LogP contribution in [0.5, 0.6) is 0 Å². The molecule has 30 heavy (non-hydrogen) atoms. The number of aromatic amines is 2. The number of H-pyrrole nitrogens is 2. The third-order valence-electron chi connectivity index (χ3n) is 5.02. The lowest BCUT2D eigenvalue weighted by molar-refractivity contribution is 1.10. The zero-order valence-electron chi connectivity index (χ0n) is 15.9. The first kappa shape index (κ1) is 17.0. The summed E-state index contributed by atoms with van der Waals surface area (Å²) < 4.78 is 0. The summed E-state index contributed by atoms with van der Waals surface area (Å²) in [5.74, 6) is 0.716. The third kappa shape index (κ3) is 2.69. The number of aromatic nitrogens is 7. The molecule has 2 N–H and O–H groups in total. The first-order chi connectivity index (χ1) is 14.8. The number of aryl methyl sites for hydroxylation is 1. The number of hydrogen-bond acceptors (Lipinski definition) is 6. The van der Waals surface area contributed by atoms with Crippen LogP contribution in [0.25, 0.3) is 55.3 Å². The lowest BCUT2D eigenvalue weighted by Gasteiger charge is -1.99. The number of benzene rings is 1. The molecule has 7 nitrogen and oxygen atoms in total. The molecule has 6 aromatic rings. The molecule has 0 fully saturated rings. The molecule has 6 rings (SSSR count). The quantitative estimate of drug-likeness (QED) is 0.429. The SMILES string of the molecule is Cc1ccc(-c2cccc3[nH]c(-c4n[nH]c5cnc(-c6cnccn6)cc45)nc23)s1. The number of rotatable bonds is 3. The van der Waals surface area contributed by atoms with Crippen LogP contribution in [0.15, 0.2) is 61.2 Å². The van der Waals surface area contributed by atoms with Gasteiger partial charge in [-0.15, -0.1) is 11.3 Å². The molecule has 0 atom stereocenters. The molecular weight excluding hydrogens is 394 g/mol. The Hall–Kier alpha value is -3.91. The van der Waals surface area contributed by atoms with Crippen LogP contribution >= 0.6 is 11.3 Å². The molecule has 0 saturated heterocycles. The van der Waals surface area contributed by atoms with E-state index in [1.807, 2.05) is 18.2 Å². The number of hydrogen-bond donors (Lipinski definition) is 2. The van der Waals surface area contributed by atoms with Crippen LogP contribution < -0.4 is 0 Å². The molecule has 5 aromatic heterocycles. The van der Waals surface area contributed by atoms with Crippen LogP contribution in [-0.4, -0.2) is 35.1 Å². The standard InChI is InChI=1S/C22H15N7S/c1-12-5-6-19(30-12)13-3-2-4-15-20(13)27-22(26-15)21-14-9-16(18-10-23-7-8-24-18)25-11-17(14)28-29-21/h2-11H,1H3,(H,26,27)(H,28,29). The number of pyridine rings is 1. The average Bonchev–Trinajstić information content (AvgIpc) is 3.51. The summed E-state index contributed by atoms with van der Waals surface area (Å²) in [7, 11) is 0. The zero-order chi connectivity index (χ0) is 20.1. The minimum Gasteiger partial charge on any atom is -0.337 e. The van der Waals surface area contributed by atoms with E-state index in [1.54, 1.807) is 36.1 Å². The van der Waals surface area contributed by atoms with Gasteiger partial charge < -0.3 is 4.98 Å². The Kier molecular flexibility index (Phi) is 3.72. The molecular formula is C22H15N7S. The Balaban J connectivity index is 1.52. The summed E-state index contributed by atoms with van der Waals surface area (Å²) in [5, 5.41) is 8.49. The summed E-state index contributed by atoms with van der Waals surface area (Å²) in [5.41, 5.74) is 6.08. The van der Waals surface area contributed by atoms with Gasteiger partial charge in [0.25, 0.3) is 0 Å². The molecule has 144 valence electrons. The maximum absolute atomic E-state index is 4.91. The van der Waals surface area contributed by atoms with Crippen molar-refractivity contribution in [1.29, 1.82) is 0 Å². The predicted octanol–water partition coefficient (Wildman–Crippen LogP) is 5.00. The van der Waals surface area contributed by atoms with Gasteiger partial charge in [0.1, 0.15) is 11.4 Å². The van der Waals surface area contributed by atoms with E-state index in [4.69, 9.17) is 4.98 Å². The van der Waals surface area contributed by atoms with Crippen LogP contribution in [0.4, 0.5) is 0 Å². The molecule has 0 aliphatic rings. The fraction of sp³-hybridized carbons (Fsp3) is 0.0455. The minimum atomic E-state index is 0.714. The second-order valence-electron chi connectivity index (χ2n) is 6.98. The second-order valence-corrected chi connectivity index (χ2v) is 8.26. The van der Waals surface area contributed by atoms with Gasteiger partial charge in [0.15, 0.2) is 5.82 Å². The highest BCUT2D eigenvalue weighted by Gasteiger charge is 2.16. The van der Waals surface area contributed by atoms with Gasteiger partial charge in [0.05, 0.1) is 34.6 Å². The highest BCUT2D eigenvalue weighted by atomic mass is 32.1. The average molecular weight is 409 g/mol. The van der Waals surface area contributed by atoms with Crippen molar-refractivity contribution >= 4 is 33.3 Å². The van der Waals surface area contributed by atoms with Gasteiger partial charge in [0.2, 0.25) is 0 Å². The third-order valence-corrected chi connectivity index (χ3v) is 6.05. The lowest BCUT2D eigenvalue weighted by Crippen LogP contribution is -1.88. The second kappa shape index (κ2) is 6.57. The van der Waals surface area contributed by atoms with Gasteiger partial charge in [-0.05, 0) is 31.2 Å². The Morgan fingerprint density at radius 3 is 2.73 bits per heavy atom. The van der Waals surface area contributed by atoms with E-state index in [9.17, 15) is 0 Å². The highest BCUT2D eigenvalue weighted by molar-refractivity contribution is 7.15. The predicted molar refractivity (Wildman–Crippen MR) is 118 cm³/mol. The lowest BCUT2D eigenvalue weighted by atomic mass is 10.1.